The fourth-order valence-electron chi connectivity index (χ4n) is 2.83. The Labute approximate surface area is 139 Å². The molecule has 0 radical (unpaired) electrons. The van der Waals surface area contributed by atoms with Gasteiger partial charge >= 0.3 is 0 Å². The average molecular weight is 349 g/mol. The lowest BCUT2D eigenvalue weighted by atomic mass is 10.1. The Morgan fingerprint density at radius 2 is 1.95 bits per heavy atom. The van der Waals surface area contributed by atoms with Crippen LogP contribution in [0.2, 0.25) is 0 Å². The van der Waals surface area contributed by atoms with Crippen LogP contribution >= 0.6 is 12.4 Å². The van der Waals surface area contributed by atoms with Gasteiger partial charge in [0.1, 0.15) is 5.75 Å². The van der Waals surface area contributed by atoms with Crippen LogP contribution in [0, 0.1) is 19.8 Å². The van der Waals surface area contributed by atoms with Gasteiger partial charge in [-0.3, -0.25) is 0 Å². The van der Waals surface area contributed by atoms with Crippen molar-refractivity contribution in [2.75, 3.05) is 26.7 Å². The molecule has 1 aliphatic rings. The van der Waals surface area contributed by atoms with Crippen LogP contribution in [-0.2, 0) is 10.0 Å². The van der Waals surface area contributed by atoms with Crippen molar-refractivity contribution in [3.05, 3.63) is 23.3 Å². The van der Waals surface area contributed by atoms with E-state index in [2.05, 4.69) is 10.0 Å². The van der Waals surface area contributed by atoms with Gasteiger partial charge in [0.05, 0.1) is 12.0 Å². The summed E-state index contributed by atoms with van der Waals surface area (Å²) in [7, 11) is -1.85. The first-order chi connectivity index (χ1) is 9.94. The van der Waals surface area contributed by atoms with Crippen molar-refractivity contribution in [1.82, 2.24) is 10.0 Å². The molecule has 2 N–H and O–H groups in total. The van der Waals surface area contributed by atoms with Gasteiger partial charge in [0, 0.05) is 6.54 Å². The van der Waals surface area contributed by atoms with Gasteiger partial charge in [-0.1, -0.05) is 0 Å². The molecule has 0 spiro atoms. The van der Waals surface area contributed by atoms with Crippen molar-refractivity contribution in [1.29, 1.82) is 0 Å². The molecule has 1 aromatic rings. The number of ether oxygens (including phenoxy) is 1. The van der Waals surface area contributed by atoms with Gasteiger partial charge in [-0.25, -0.2) is 13.1 Å². The van der Waals surface area contributed by atoms with Gasteiger partial charge in [-0.2, -0.15) is 0 Å². The summed E-state index contributed by atoms with van der Waals surface area (Å²) in [5.41, 5.74) is 1.66. The van der Waals surface area contributed by atoms with Gasteiger partial charge in [-0.15, -0.1) is 12.4 Å². The van der Waals surface area contributed by atoms with Gasteiger partial charge in [0.25, 0.3) is 0 Å². The molecule has 1 heterocycles. The molecule has 1 aromatic carbocycles. The van der Waals surface area contributed by atoms with E-state index >= 15 is 0 Å². The monoisotopic (exact) mass is 348 g/mol. The first-order valence-corrected chi connectivity index (χ1v) is 8.78. The van der Waals surface area contributed by atoms with Crippen LogP contribution in [0.3, 0.4) is 0 Å². The molecular formula is C15H25ClN2O3S. The highest BCUT2D eigenvalue weighted by Gasteiger charge is 2.19. The summed E-state index contributed by atoms with van der Waals surface area (Å²) in [6, 6.07) is 3.32. The lowest BCUT2D eigenvalue weighted by Gasteiger charge is -2.13. The second-order valence-corrected chi connectivity index (χ2v) is 7.40. The van der Waals surface area contributed by atoms with Crippen LogP contribution in [0.5, 0.6) is 5.75 Å². The van der Waals surface area contributed by atoms with Crippen LogP contribution in [0.15, 0.2) is 17.0 Å². The number of hydrogen-bond acceptors (Lipinski definition) is 4. The van der Waals surface area contributed by atoms with Crippen molar-refractivity contribution in [2.45, 2.75) is 31.6 Å². The molecule has 22 heavy (non-hydrogen) atoms. The number of halogens is 1. The number of sulfonamides is 1. The van der Waals surface area contributed by atoms with E-state index in [0.29, 0.717) is 17.4 Å². The maximum atomic E-state index is 12.3. The highest BCUT2D eigenvalue weighted by molar-refractivity contribution is 7.89. The molecule has 1 saturated heterocycles. The normalized spacial score (nSPS) is 18.0. The molecule has 0 amide bonds. The van der Waals surface area contributed by atoms with Crippen molar-refractivity contribution < 1.29 is 13.2 Å². The second-order valence-electron chi connectivity index (χ2n) is 5.64. The first-order valence-electron chi connectivity index (χ1n) is 7.29. The topological polar surface area (TPSA) is 67.4 Å². The fraction of sp³-hybridized carbons (Fsp3) is 0.600. The Kier molecular flexibility index (Phi) is 7.12. The lowest BCUT2D eigenvalue weighted by Crippen LogP contribution is -2.26. The smallest absolute Gasteiger partial charge is 0.240 e. The summed E-state index contributed by atoms with van der Waals surface area (Å²) < 4.78 is 32.7. The molecule has 2 rings (SSSR count). The van der Waals surface area contributed by atoms with Crippen LogP contribution < -0.4 is 14.8 Å². The highest BCUT2D eigenvalue weighted by atomic mass is 35.5. The number of hydrogen-bond donors (Lipinski definition) is 2. The molecule has 1 aliphatic heterocycles. The third kappa shape index (κ3) is 4.59. The molecule has 1 atom stereocenters. The van der Waals surface area contributed by atoms with Gasteiger partial charge < -0.3 is 10.1 Å². The zero-order chi connectivity index (χ0) is 15.5. The minimum atomic E-state index is -3.45. The fourth-order valence-corrected chi connectivity index (χ4v) is 4.05. The third-order valence-corrected chi connectivity index (χ3v) is 5.40. The number of rotatable bonds is 6. The minimum Gasteiger partial charge on any atom is -0.496 e. The minimum absolute atomic E-state index is 0. The Bertz CT molecular complexity index is 576. The Morgan fingerprint density at radius 3 is 2.45 bits per heavy atom. The Hall–Kier alpha value is -0.820. The number of benzene rings is 1. The predicted molar refractivity (Wildman–Crippen MR) is 90.5 cm³/mol. The van der Waals surface area contributed by atoms with Crippen LogP contribution in [0.1, 0.15) is 24.0 Å². The molecule has 1 fully saturated rings. The quantitative estimate of drug-likeness (QED) is 0.825. The maximum Gasteiger partial charge on any atom is 0.240 e. The predicted octanol–water partition coefficient (Wildman–Crippen LogP) is 2.01. The summed E-state index contributed by atoms with van der Waals surface area (Å²) in [5, 5.41) is 3.29. The standard InChI is InChI=1S/C15H24N2O3S.ClH/c1-11-8-14(9-12(2)15(11)20-3)21(18,19)17-7-5-13-4-6-16-10-13;/h8-9,13,16-17H,4-7,10H2,1-3H3;1H. The maximum absolute atomic E-state index is 12.3. The Morgan fingerprint density at radius 1 is 1.32 bits per heavy atom. The molecule has 7 heteroatoms. The van der Waals surface area contributed by atoms with E-state index in [9.17, 15) is 8.42 Å². The van der Waals surface area contributed by atoms with Crippen molar-refractivity contribution in [3.63, 3.8) is 0 Å². The van der Waals surface area contributed by atoms with Crippen molar-refractivity contribution in [3.8, 4) is 5.75 Å². The summed E-state index contributed by atoms with van der Waals surface area (Å²) in [6.45, 7) is 6.22. The van der Waals surface area contributed by atoms with Crippen molar-refractivity contribution in [2.24, 2.45) is 5.92 Å². The van der Waals surface area contributed by atoms with Crippen LogP contribution in [-0.4, -0.2) is 35.2 Å². The van der Waals surface area contributed by atoms with E-state index in [-0.39, 0.29) is 12.4 Å². The zero-order valence-corrected chi connectivity index (χ0v) is 14.9. The molecule has 0 bridgehead atoms. The largest absolute Gasteiger partial charge is 0.496 e. The number of methoxy groups -OCH3 is 1. The van der Waals surface area contributed by atoms with Crippen molar-refractivity contribution >= 4 is 22.4 Å². The summed E-state index contributed by atoms with van der Waals surface area (Å²) >= 11 is 0. The molecule has 1 unspecified atom stereocenters. The first kappa shape index (κ1) is 19.2. The van der Waals surface area contributed by atoms with Gasteiger partial charge in [0.15, 0.2) is 0 Å². The lowest BCUT2D eigenvalue weighted by molar-refractivity contribution is 0.408. The highest BCUT2D eigenvalue weighted by Crippen LogP contribution is 2.26. The zero-order valence-electron chi connectivity index (χ0n) is 13.3. The van der Waals surface area contributed by atoms with Gasteiger partial charge in [0.2, 0.25) is 10.0 Å². The van der Waals surface area contributed by atoms with E-state index in [0.717, 1.165) is 42.8 Å². The van der Waals surface area contributed by atoms with Crippen LogP contribution in [0.4, 0.5) is 0 Å². The van der Waals surface area contributed by atoms with Crippen LogP contribution in [0.25, 0.3) is 0 Å². The van der Waals surface area contributed by atoms with E-state index < -0.39 is 10.0 Å². The third-order valence-electron chi connectivity index (χ3n) is 3.96. The molecule has 126 valence electrons. The SMILES string of the molecule is COc1c(C)cc(S(=O)(=O)NCCC2CCNC2)cc1C.Cl. The molecule has 0 aliphatic carbocycles. The van der Waals surface area contributed by atoms with E-state index in [1.165, 1.54) is 0 Å². The molecule has 0 aromatic heterocycles. The second kappa shape index (κ2) is 8.15. The van der Waals surface area contributed by atoms with E-state index in [1.54, 1.807) is 19.2 Å². The summed E-state index contributed by atoms with van der Waals surface area (Å²) in [6.07, 6.45) is 2.00. The molecule has 5 nitrogen and oxygen atoms in total. The van der Waals surface area contributed by atoms with E-state index in [4.69, 9.17) is 4.74 Å². The number of nitrogens with one attached hydrogen (secondary N) is 2. The molecular weight excluding hydrogens is 324 g/mol. The summed E-state index contributed by atoms with van der Waals surface area (Å²) in [4.78, 5) is 0.308. The Balaban J connectivity index is 0.00000242. The van der Waals surface area contributed by atoms with E-state index in [1.807, 2.05) is 13.8 Å². The summed E-state index contributed by atoms with van der Waals surface area (Å²) in [5.74, 6) is 1.32. The van der Waals surface area contributed by atoms with Gasteiger partial charge in [-0.05, 0) is 69.0 Å². The average Bonchev–Trinajstić information content (AvgIpc) is 2.91. The number of aryl methyl sites for hydroxylation is 2. The molecule has 0 saturated carbocycles.